The average molecular weight is 353 g/mol. The second kappa shape index (κ2) is 6.72. The Morgan fingerprint density at radius 3 is 2.74 bits per heavy atom. The number of ether oxygens (including phenoxy) is 2. The van der Waals surface area contributed by atoms with Crippen molar-refractivity contribution in [3.05, 3.63) is 31.7 Å². The molecule has 19 heavy (non-hydrogen) atoms. The Hall–Kier alpha value is -1.34. The Morgan fingerprint density at radius 2 is 2.21 bits per heavy atom. The number of methoxy groups -OCH3 is 1. The number of rotatable bonds is 5. The molecule has 0 saturated carbocycles. The highest BCUT2D eigenvalue weighted by Crippen LogP contribution is 2.38. The molecule has 0 N–H and O–H groups in total. The Balaban J connectivity index is 3.00. The van der Waals surface area contributed by atoms with Crippen molar-refractivity contribution in [2.24, 2.45) is 0 Å². The molecule has 0 aliphatic carbocycles. The second-order valence-corrected chi connectivity index (χ2v) is 4.99. The van der Waals surface area contributed by atoms with E-state index in [0.29, 0.717) is 4.47 Å². The lowest BCUT2D eigenvalue weighted by Crippen LogP contribution is -2.18. The van der Waals surface area contributed by atoms with E-state index in [4.69, 9.17) is 16.3 Å². The summed E-state index contributed by atoms with van der Waals surface area (Å²) in [4.78, 5) is 21.4. The molecule has 8 heteroatoms. The molecule has 0 aliphatic heterocycles. The van der Waals surface area contributed by atoms with Crippen LogP contribution in [0.4, 0.5) is 5.69 Å². The number of carbonyl (C=O) groups is 1. The Morgan fingerprint density at radius 1 is 1.58 bits per heavy atom. The third-order valence-corrected chi connectivity index (χ3v) is 2.99. The van der Waals surface area contributed by atoms with Gasteiger partial charge in [0.25, 0.3) is 0 Å². The minimum atomic E-state index is -0.600. The van der Waals surface area contributed by atoms with E-state index in [2.05, 4.69) is 20.7 Å². The number of hydrogen-bond acceptors (Lipinski definition) is 5. The van der Waals surface area contributed by atoms with Gasteiger partial charge in [0, 0.05) is 11.1 Å². The number of nitrogens with zero attached hydrogens (tertiary/aromatic N) is 1. The van der Waals surface area contributed by atoms with Crippen LogP contribution in [-0.4, -0.2) is 24.1 Å². The zero-order valence-electron chi connectivity index (χ0n) is 10.2. The molecule has 6 nitrogen and oxygen atoms in total. The maximum atomic E-state index is 11.1. The third kappa shape index (κ3) is 4.36. The van der Waals surface area contributed by atoms with Crippen LogP contribution in [0.2, 0.25) is 5.02 Å². The molecule has 0 bridgehead atoms. The molecule has 0 spiro atoms. The van der Waals surface area contributed by atoms with Crippen LogP contribution in [0, 0.1) is 10.1 Å². The first-order chi connectivity index (χ1) is 8.85. The molecule has 1 atom stereocenters. The van der Waals surface area contributed by atoms with Gasteiger partial charge in [0.05, 0.1) is 22.9 Å². The molecule has 0 fully saturated rings. The fourth-order valence-electron chi connectivity index (χ4n) is 1.36. The predicted octanol–water partition coefficient (Wildman–Crippen LogP) is 3.34. The summed E-state index contributed by atoms with van der Waals surface area (Å²) in [5, 5.41) is 11.2. The summed E-state index contributed by atoms with van der Waals surface area (Å²) in [6.07, 6.45) is -0.577. The molecule has 0 heterocycles. The van der Waals surface area contributed by atoms with Crippen molar-refractivity contribution in [3.8, 4) is 5.75 Å². The quantitative estimate of drug-likeness (QED) is 0.461. The third-order valence-electron chi connectivity index (χ3n) is 2.19. The van der Waals surface area contributed by atoms with E-state index >= 15 is 0 Å². The van der Waals surface area contributed by atoms with Crippen LogP contribution in [-0.2, 0) is 9.53 Å². The zero-order valence-corrected chi connectivity index (χ0v) is 12.5. The highest BCUT2D eigenvalue weighted by molar-refractivity contribution is 9.10. The maximum Gasteiger partial charge on any atom is 0.313 e. The number of halogens is 2. The van der Waals surface area contributed by atoms with Crippen LogP contribution < -0.4 is 4.74 Å². The van der Waals surface area contributed by atoms with Crippen LogP contribution in [0.15, 0.2) is 16.6 Å². The molecule has 1 aromatic carbocycles. The van der Waals surface area contributed by atoms with Gasteiger partial charge in [0.15, 0.2) is 0 Å². The van der Waals surface area contributed by atoms with Gasteiger partial charge in [-0.05, 0) is 28.9 Å². The van der Waals surface area contributed by atoms with Gasteiger partial charge >= 0.3 is 11.7 Å². The first-order valence-corrected chi connectivity index (χ1v) is 6.39. The SMILES string of the molecule is COC(=O)CC(C)Oc1c(Br)cc(Cl)cc1[N+](=O)[O-]. The van der Waals surface area contributed by atoms with Crippen LogP contribution in [0.1, 0.15) is 13.3 Å². The lowest BCUT2D eigenvalue weighted by Gasteiger charge is -2.15. The fourth-order valence-corrected chi connectivity index (χ4v) is 2.25. The smallest absolute Gasteiger partial charge is 0.313 e. The lowest BCUT2D eigenvalue weighted by molar-refractivity contribution is -0.386. The number of benzene rings is 1. The lowest BCUT2D eigenvalue weighted by atomic mass is 10.2. The minimum absolute atomic E-state index is 0.0112. The number of esters is 1. The number of carbonyl (C=O) groups excluding carboxylic acids is 1. The average Bonchev–Trinajstić information content (AvgIpc) is 2.31. The van der Waals surface area contributed by atoms with Gasteiger partial charge in [-0.2, -0.15) is 0 Å². The van der Waals surface area contributed by atoms with Crippen LogP contribution in [0.5, 0.6) is 5.75 Å². The summed E-state index contributed by atoms with van der Waals surface area (Å²) in [5.74, 6) is -0.425. The molecule has 1 rings (SSSR count). The maximum absolute atomic E-state index is 11.1. The minimum Gasteiger partial charge on any atom is -0.482 e. The summed E-state index contributed by atoms with van der Waals surface area (Å²) in [5.41, 5.74) is -0.268. The Bertz CT molecular complexity index is 508. The van der Waals surface area contributed by atoms with Crippen molar-refractivity contribution in [1.82, 2.24) is 0 Å². The van der Waals surface area contributed by atoms with Crippen molar-refractivity contribution in [2.45, 2.75) is 19.4 Å². The van der Waals surface area contributed by atoms with Crippen LogP contribution in [0.25, 0.3) is 0 Å². The van der Waals surface area contributed by atoms with E-state index in [1.807, 2.05) is 0 Å². The molecule has 0 aliphatic rings. The van der Waals surface area contributed by atoms with Crippen molar-refractivity contribution in [3.63, 3.8) is 0 Å². The number of nitro benzene ring substituents is 1. The standard InChI is InChI=1S/C11H11BrClNO5/c1-6(3-10(15)18-2)19-11-8(12)4-7(13)5-9(11)14(16)17/h4-6H,3H2,1-2H3. The Labute approximate surface area is 122 Å². The van der Waals surface area contributed by atoms with Crippen LogP contribution in [0.3, 0.4) is 0 Å². The van der Waals surface area contributed by atoms with E-state index in [1.165, 1.54) is 19.2 Å². The first kappa shape index (κ1) is 15.7. The topological polar surface area (TPSA) is 78.7 Å². The fraction of sp³-hybridized carbons (Fsp3) is 0.364. The molecule has 0 amide bonds. The summed E-state index contributed by atoms with van der Waals surface area (Å²) in [7, 11) is 1.26. The summed E-state index contributed by atoms with van der Waals surface area (Å²) < 4.78 is 10.3. The largest absolute Gasteiger partial charge is 0.482 e. The van der Waals surface area contributed by atoms with E-state index < -0.39 is 17.0 Å². The highest BCUT2D eigenvalue weighted by atomic mass is 79.9. The first-order valence-electron chi connectivity index (χ1n) is 5.22. The van der Waals surface area contributed by atoms with Gasteiger partial charge in [0.2, 0.25) is 5.75 Å². The normalized spacial score (nSPS) is 11.8. The van der Waals surface area contributed by atoms with Crippen molar-refractivity contribution < 1.29 is 19.2 Å². The van der Waals surface area contributed by atoms with Gasteiger partial charge in [-0.25, -0.2) is 0 Å². The van der Waals surface area contributed by atoms with Crippen molar-refractivity contribution in [2.75, 3.05) is 7.11 Å². The number of nitro groups is 1. The van der Waals surface area contributed by atoms with Gasteiger partial charge in [0.1, 0.15) is 6.10 Å². The zero-order chi connectivity index (χ0) is 14.6. The monoisotopic (exact) mass is 351 g/mol. The van der Waals surface area contributed by atoms with Crippen LogP contribution >= 0.6 is 27.5 Å². The summed E-state index contributed by atoms with van der Waals surface area (Å²) in [6.45, 7) is 1.61. The van der Waals surface area contributed by atoms with Gasteiger partial charge < -0.3 is 9.47 Å². The molecule has 0 aromatic heterocycles. The van der Waals surface area contributed by atoms with Crippen molar-refractivity contribution >= 4 is 39.2 Å². The molecular weight excluding hydrogens is 341 g/mol. The number of hydrogen-bond donors (Lipinski definition) is 0. The summed E-state index contributed by atoms with van der Waals surface area (Å²) in [6, 6.07) is 2.67. The second-order valence-electron chi connectivity index (χ2n) is 3.70. The molecule has 1 aromatic rings. The van der Waals surface area contributed by atoms with E-state index in [1.54, 1.807) is 6.92 Å². The predicted molar refractivity (Wildman–Crippen MR) is 72.5 cm³/mol. The molecule has 104 valence electrons. The molecule has 0 saturated heterocycles. The van der Waals surface area contributed by atoms with Gasteiger partial charge in [-0.1, -0.05) is 11.6 Å². The Kier molecular flexibility index (Phi) is 5.56. The molecule has 1 unspecified atom stereocenters. The van der Waals surface area contributed by atoms with Gasteiger partial charge in [-0.15, -0.1) is 0 Å². The summed E-state index contributed by atoms with van der Waals surface area (Å²) >= 11 is 8.89. The van der Waals surface area contributed by atoms with Crippen molar-refractivity contribution in [1.29, 1.82) is 0 Å². The molecule has 0 radical (unpaired) electrons. The highest BCUT2D eigenvalue weighted by Gasteiger charge is 2.23. The van der Waals surface area contributed by atoms with E-state index in [-0.39, 0.29) is 22.9 Å². The van der Waals surface area contributed by atoms with E-state index in [9.17, 15) is 14.9 Å². The van der Waals surface area contributed by atoms with E-state index in [0.717, 1.165) is 0 Å². The van der Waals surface area contributed by atoms with Gasteiger partial charge in [-0.3, -0.25) is 14.9 Å². The molecular formula is C11H11BrClNO5.